The summed E-state index contributed by atoms with van der Waals surface area (Å²) in [5.41, 5.74) is 1.26. The SMILES string of the molecule is CC(C)N(c1c[c]ccc1)C(C)C. The number of hydrogen-bond acceptors (Lipinski definition) is 1. The number of nitrogens with zero attached hydrogens (tertiary/aromatic N) is 1. The van der Waals surface area contributed by atoms with Gasteiger partial charge in [0.1, 0.15) is 0 Å². The third-order valence-electron chi connectivity index (χ3n) is 2.10. The van der Waals surface area contributed by atoms with Crippen molar-refractivity contribution in [3.8, 4) is 0 Å². The first-order valence-corrected chi connectivity index (χ1v) is 4.87. The maximum atomic E-state index is 3.11. The van der Waals surface area contributed by atoms with E-state index in [9.17, 15) is 0 Å². The zero-order valence-corrected chi connectivity index (χ0v) is 8.91. The molecule has 0 saturated carbocycles. The van der Waals surface area contributed by atoms with E-state index in [0.29, 0.717) is 12.1 Å². The van der Waals surface area contributed by atoms with E-state index in [0.717, 1.165) is 0 Å². The second kappa shape index (κ2) is 4.31. The number of anilines is 1. The third-order valence-corrected chi connectivity index (χ3v) is 2.10. The molecule has 1 nitrogen and oxygen atoms in total. The lowest BCUT2D eigenvalue weighted by molar-refractivity contribution is 0.608. The molecule has 0 atom stereocenters. The Morgan fingerprint density at radius 3 is 2.15 bits per heavy atom. The van der Waals surface area contributed by atoms with Gasteiger partial charge in [0.05, 0.1) is 0 Å². The summed E-state index contributed by atoms with van der Waals surface area (Å²) in [7, 11) is 0. The highest BCUT2D eigenvalue weighted by Gasteiger charge is 2.12. The Labute approximate surface area is 81.4 Å². The maximum Gasteiger partial charge on any atom is 0.0377 e. The third kappa shape index (κ3) is 2.48. The van der Waals surface area contributed by atoms with E-state index >= 15 is 0 Å². The van der Waals surface area contributed by atoms with E-state index in [-0.39, 0.29) is 0 Å². The minimum absolute atomic E-state index is 0.538. The molecule has 0 saturated heterocycles. The second-order valence-electron chi connectivity index (χ2n) is 3.86. The molecule has 0 aromatic heterocycles. The van der Waals surface area contributed by atoms with Crippen LogP contribution in [0.5, 0.6) is 0 Å². The molecule has 71 valence electrons. The lowest BCUT2D eigenvalue weighted by Gasteiger charge is -2.32. The molecule has 0 amide bonds. The number of rotatable bonds is 3. The second-order valence-corrected chi connectivity index (χ2v) is 3.86. The van der Waals surface area contributed by atoms with Crippen LogP contribution < -0.4 is 4.90 Å². The molecule has 1 aromatic carbocycles. The molecule has 1 aromatic rings. The van der Waals surface area contributed by atoms with Crippen LogP contribution in [0.4, 0.5) is 5.69 Å². The van der Waals surface area contributed by atoms with Crippen LogP contribution in [-0.4, -0.2) is 12.1 Å². The van der Waals surface area contributed by atoms with Gasteiger partial charge >= 0.3 is 0 Å². The molecule has 0 fully saturated rings. The Balaban J connectivity index is 2.89. The first kappa shape index (κ1) is 10.1. The van der Waals surface area contributed by atoms with E-state index < -0.39 is 0 Å². The minimum Gasteiger partial charge on any atom is -0.367 e. The summed E-state index contributed by atoms with van der Waals surface area (Å²) in [5, 5.41) is 0. The van der Waals surface area contributed by atoms with Gasteiger partial charge in [-0.3, -0.25) is 0 Å². The van der Waals surface area contributed by atoms with Crippen molar-refractivity contribution < 1.29 is 0 Å². The summed E-state index contributed by atoms with van der Waals surface area (Å²) in [6.45, 7) is 8.86. The van der Waals surface area contributed by atoms with E-state index in [4.69, 9.17) is 0 Å². The van der Waals surface area contributed by atoms with Crippen molar-refractivity contribution in [2.75, 3.05) is 4.90 Å². The van der Waals surface area contributed by atoms with Crippen LogP contribution in [0.3, 0.4) is 0 Å². The lowest BCUT2D eigenvalue weighted by atomic mass is 10.2. The summed E-state index contributed by atoms with van der Waals surface area (Å²) in [6.07, 6.45) is 0. The molecule has 0 unspecified atom stereocenters. The van der Waals surface area contributed by atoms with Crippen LogP contribution in [-0.2, 0) is 0 Å². The molecular weight excluding hydrogens is 158 g/mol. The molecule has 0 N–H and O–H groups in total. The molecule has 0 aliphatic carbocycles. The summed E-state index contributed by atoms with van der Waals surface area (Å²) < 4.78 is 0. The van der Waals surface area contributed by atoms with E-state index in [1.54, 1.807) is 0 Å². The van der Waals surface area contributed by atoms with E-state index in [2.05, 4.69) is 44.7 Å². The minimum atomic E-state index is 0.538. The van der Waals surface area contributed by atoms with Crippen LogP contribution >= 0.6 is 0 Å². The van der Waals surface area contributed by atoms with Gasteiger partial charge in [0.25, 0.3) is 0 Å². The van der Waals surface area contributed by atoms with Gasteiger partial charge < -0.3 is 4.90 Å². The van der Waals surface area contributed by atoms with Crippen molar-refractivity contribution in [2.24, 2.45) is 0 Å². The molecule has 1 radical (unpaired) electrons. The van der Waals surface area contributed by atoms with Crippen LogP contribution in [0.2, 0.25) is 0 Å². The molecular formula is C12H18N. The van der Waals surface area contributed by atoms with Gasteiger partial charge in [0.15, 0.2) is 0 Å². The van der Waals surface area contributed by atoms with Crippen molar-refractivity contribution in [2.45, 2.75) is 39.8 Å². The Hall–Kier alpha value is -0.980. The predicted molar refractivity (Wildman–Crippen MR) is 58.0 cm³/mol. The highest BCUT2D eigenvalue weighted by atomic mass is 15.2. The fourth-order valence-corrected chi connectivity index (χ4v) is 1.74. The number of hydrogen-bond donors (Lipinski definition) is 0. The van der Waals surface area contributed by atoms with Crippen molar-refractivity contribution >= 4 is 5.69 Å². The van der Waals surface area contributed by atoms with Gasteiger partial charge in [-0.1, -0.05) is 12.1 Å². The Kier molecular flexibility index (Phi) is 3.35. The maximum absolute atomic E-state index is 3.11. The van der Waals surface area contributed by atoms with Crippen molar-refractivity contribution in [1.82, 2.24) is 0 Å². The van der Waals surface area contributed by atoms with Gasteiger partial charge in [-0.05, 0) is 45.9 Å². The Morgan fingerprint density at radius 2 is 1.77 bits per heavy atom. The zero-order valence-electron chi connectivity index (χ0n) is 8.91. The standard InChI is InChI=1S/C12H18N/c1-10(2)13(11(3)4)12-8-6-5-7-9-12/h5-6,8-11H,1-4H3. The molecule has 1 heteroatoms. The van der Waals surface area contributed by atoms with E-state index in [1.807, 2.05) is 18.2 Å². The molecule has 0 bridgehead atoms. The molecule has 0 heterocycles. The van der Waals surface area contributed by atoms with Crippen molar-refractivity contribution in [3.05, 3.63) is 30.3 Å². The summed E-state index contributed by atoms with van der Waals surface area (Å²) in [5.74, 6) is 0. The Morgan fingerprint density at radius 1 is 1.15 bits per heavy atom. The Bertz CT molecular complexity index is 231. The van der Waals surface area contributed by atoms with Gasteiger partial charge in [-0.15, -0.1) is 0 Å². The molecule has 0 spiro atoms. The summed E-state index contributed by atoms with van der Waals surface area (Å²) >= 11 is 0. The summed E-state index contributed by atoms with van der Waals surface area (Å²) in [4.78, 5) is 2.39. The smallest absolute Gasteiger partial charge is 0.0377 e. The average molecular weight is 176 g/mol. The largest absolute Gasteiger partial charge is 0.367 e. The first-order chi connectivity index (χ1) is 6.13. The quantitative estimate of drug-likeness (QED) is 0.684. The zero-order chi connectivity index (χ0) is 9.84. The number of benzene rings is 1. The monoisotopic (exact) mass is 176 g/mol. The molecule has 0 aliphatic rings. The lowest BCUT2D eigenvalue weighted by Crippen LogP contribution is -2.36. The molecule has 1 rings (SSSR count). The van der Waals surface area contributed by atoms with Gasteiger partial charge in [0, 0.05) is 17.8 Å². The normalized spacial score (nSPS) is 10.9. The summed E-state index contributed by atoms with van der Waals surface area (Å²) in [6, 6.07) is 12.3. The van der Waals surface area contributed by atoms with Gasteiger partial charge in [-0.2, -0.15) is 0 Å². The highest BCUT2D eigenvalue weighted by Crippen LogP contribution is 2.18. The van der Waals surface area contributed by atoms with Crippen LogP contribution in [0, 0.1) is 6.07 Å². The first-order valence-electron chi connectivity index (χ1n) is 4.87. The topological polar surface area (TPSA) is 3.24 Å². The van der Waals surface area contributed by atoms with Gasteiger partial charge in [-0.25, -0.2) is 0 Å². The molecule has 0 aliphatic heterocycles. The van der Waals surface area contributed by atoms with Crippen molar-refractivity contribution in [1.29, 1.82) is 0 Å². The fraction of sp³-hybridized carbons (Fsp3) is 0.500. The average Bonchev–Trinajstić information content (AvgIpc) is 2.04. The van der Waals surface area contributed by atoms with Crippen LogP contribution in [0.25, 0.3) is 0 Å². The van der Waals surface area contributed by atoms with Crippen molar-refractivity contribution in [3.63, 3.8) is 0 Å². The van der Waals surface area contributed by atoms with Gasteiger partial charge in [0.2, 0.25) is 0 Å². The fourth-order valence-electron chi connectivity index (χ4n) is 1.74. The van der Waals surface area contributed by atoms with Crippen LogP contribution in [0.1, 0.15) is 27.7 Å². The van der Waals surface area contributed by atoms with E-state index in [1.165, 1.54) is 5.69 Å². The molecule has 13 heavy (non-hydrogen) atoms. The predicted octanol–water partition coefficient (Wildman–Crippen LogP) is 3.11. The van der Waals surface area contributed by atoms with Crippen LogP contribution in [0.15, 0.2) is 24.3 Å². The highest BCUT2D eigenvalue weighted by molar-refractivity contribution is 5.47.